The van der Waals surface area contributed by atoms with Gasteiger partial charge in [-0.05, 0) is 35.9 Å². The highest BCUT2D eigenvalue weighted by molar-refractivity contribution is 9.10. The Hall–Kier alpha value is -1.72. The molecule has 0 spiro atoms. The first kappa shape index (κ1) is 15.2. The molecule has 0 atom stereocenters. The second kappa shape index (κ2) is 6.18. The molecule has 1 aliphatic heterocycles. The average Bonchev–Trinajstić information content (AvgIpc) is 2.96. The summed E-state index contributed by atoms with van der Waals surface area (Å²) in [6, 6.07) is 10.9. The van der Waals surface area contributed by atoms with Gasteiger partial charge in [-0.15, -0.1) is 0 Å². The van der Waals surface area contributed by atoms with E-state index in [1.54, 1.807) is 30.1 Å². The van der Waals surface area contributed by atoms with Gasteiger partial charge in [-0.1, -0.05) is 33.6 Å². The van der Waals surface area contributed by atoms with Gasteiger partial charge in [0, 0.05) is 18.1 Å². The van der Waals surface area contributed by atoms with Gasteiger partial charge in [0.1, 0.15) is 0 Å². The smallest absolute Gasteiger partial charge is 0.255 e. The summed E-state index contributed by atoms with van der Waals surface area (Å²) in [6.07, 6.45) is 0. The Morgan fingerprint density at radius 2 is 2.00 bits per heavy atom. The van der Waals surface area contributed by atoms with Gasteiger partial charge in [0.15, 0.2) is 11.5 Å². The lowest BCUT2D eigenvalue weighted by Crippen LogP contribution is -2.26. The van der Waals surface area contributed by atoms with Crippen LogP contribution in [0.3, 0.4) is 0 Å². The summed E-state index contributed by atoms with van der Waals surface area (Å²) in [4.78, 5) is 14.1. The van der Waals surface area contributed by atoms with E-state index in [0.717, 1.165) is 15.8 Å². The molecular formula is C16H13BrClNO3. The lowest BCUT2D eigenvalue weighted by Gasteiger charge is -2.18. The first-order chi connectivity index (χ1) is 10.5. The van der Waals surface area contributed by atoms with Crippen LogP contribution in [-0.4, -0.2) is 24.6 Å². The number of benzene rings is 2. The Bertz CT molecular complexity index is 735. The molecule has 4 nitrogen and oxygen atoms in total. The van der Waals surface area contributed by atoms with Crippen LogP contribution in [0.4, 0.5) is 0 Å². The zero-order valence-corrected chi connectivity index (χ0v) is 14.1. The number of nitrogens with zero attached hydrogens (tertiary/aromatic N) is 1. The third kappa shape index (κ3) is 3.05. The summed E-state index contributed by atoms with van der Waals surface area (Å²) in [7, 11) is 1.74. The topological polar surface area (TPSA) is 38.8 Å². The largest absolute Gasteiger partial charge is 0.454 e. The molecule has 0 radical (unpaired) electrons. The molecule has 0 saturated heterocycles. The van der Waals surface area contributed by atoms with E-state index in [1.807, 2.05) is 18.2 Å². The van der Waals surface area contributed by atoms with Crippen molar-refractivity contribution in [1.82, 2.24) is 4.90 Å². The molecule has 1 aliphatic rings. The van der Waals surface area contributed by atoms with E-state index < -0.39 is 0 Å². The van der Waals surface area contributed by atoms with Crippen molar-refractivity contribution < 1.29 is 14.3 Å². The molecule has 2 aromatic rings. The van der Waals surface area contributed by atoms with E-state index in [0.29, 0.717) is 22.9 Å². The second-order valence-corrected chi connectivity index (χ2v) is 6.30. The highest BCUT2D eigenvalue weighted by atomic mass is 79.9. The number of carbonyl (C=O) groups is 1. The monoisotopic (exact) mass is 381 g/mol. The fourth-order valence-electron chi connectivity index (χ4n) is 2.25. The van der Waals surface area contributed by atoms with Gasteiger partial charge in [-0.25, -0.2) is 0 Å². The molecule has 2 aromatic carbocycles. The van der Waals surface area contributed by atoms with Crippen LogP contribution in [0.2, 0.25) is 5.02 Å². The Morgan fingerprint density at radius 3 is 2.82 bits per heavy atom. The molecule has 1 heterocycles. The number of halogens is 2. The first-order valence-corrected chi connectivity index (χ1v) is 7.81. The van der Waals surface area contributed by atoms with Crippen molar-refractivity contribution in [3.8, 4) is 11.5 Å². The van der Waals surface area contributed by atoms with Gasteiger partial charge in [0.25, 0.3) is 5.91 Å². The van der Waals surface area contributed by atoms with Crippen molar-refractivity contribution in [1.29, 1.82) is 0 Å². The second-order valence-electron chi connectivity index (χ2n) is 4.97. The van der Waals surface area contributed by atoms with Crippen molar-refractivity contribution in [2.24, 2.45) is 0 Å². The van der Waals surface area contributed by atoms with Crippen molar-refractivity contribution in [2.45, 2.75) is 6.54 Å². The van der Waals surface area contributed by atoms with Gasteiger partial charge in [0.05, 0.1) is 10.6 Å². The van der Waals surface area contributed by atoms with Crippen molar-refractivity contribution in [3.63, 3.8) is 0 Å². The van der Waals surface area contributed by atoms with Crippen LogP contribution in [0.5, 0.6) is 11.5 Å². The highest BCUT2D eigenvalue weighted by Crippen LogP contribution is 2.33. The zero-order valence-electron chi connectivity index (χ0n) is 11.8. The van der Waals surface area contributed by atoms with Crippen LogP contribution < -0.4 is 9.47 Å². The van der Waals surface area contributed by atoms with Gasteiger partial charge in [-0.3, -0.25) is 4.79 Å². The predicted octanol–water partition coefficient (Wildman–Crippen LogP) is 4.10. The number of fused-ring (bicyclic) bond motifs is 1. The molecule has 3 rings (SSSR count). The molecule has 0 saturated carbocycles. The lowest BCUT2D eigenvalue weighted by atomic mass is 10.1. The van der Waals surface area contributed by atoms with Crippen molar-refractivity contribution in [2.75, 3.05) is 13.8 Å². The molecule has 0 unspecified atom stereocenters. The molecule has 0 aromatic heterocycles. The first-order valence-electron chi connectivity index (χ1n) is 6.63. The number of amides is 1. The summed E-state index contributed by atoms with van der Waals surface area (Å²) < 4.78 is 11.4. The molecule has 1 amide bonds. The van der Waals surface area contributed by atoms with Gasteiger partial charge in [0.2, 0.25) is 6.79 Å². The molecule has 114 valence electrons. The van der Waals surface area contributed by atoms with Crippen LogP contribution in [-0.2, 0) is 6.54 Å². The number of hydrogen-bond acceptors (Lipinski definition) is 3. The fourth-order valence-corrected chi connectivity index (χ4v) is 2.81. The summed E-state index contributed by atoms with van der Waals surface area (Å²) in [5.74, 6) is 1.30. The minimum absolute atomic E-state index is 0.135. The molecule has 0 N–H and O–H groups in total. The SMILES string of the molecule is CN(Cc1ccc2c(c1)OCO2)C(=O)c1cc(Br)ccc1Cl. The quantitative estimate of drug-likeness (QED) is 0.802. The Labute approximate surface area is 141 Å². The minimum Gasteiger partial charge on any atom is -0.454 e. The maximum absolute atomic E-state index is 12.5. The summed E-state index contributed by atoms with van der Waals surface area (Å²) in [5, 5.41) is 0.436. The zero-order chi connectivity index (χ0) is 15.7. The predicted molar refractivity (Wildman–Crippen MR) is 87.5 cm³/mol. The van der Waals surface area contributed by atoms with E-state index in [-0.39, 0.29) is 12.7 Å². The van der Waals surface area contributed by atoms with Crippen LogP contribution >= 0.6 is 27.5 Å². The lowest BCUT2D eigenvalue weighted by molar-refractivity contribution is 0.0785. The van der Waals surface area contributed by atoms with Gasteiger partial charge in [-0.2, -0.15) is 0 Å². The number of carbonyl (C=O) groups excluding carboxylic acids is 1. The molecule has 6 heteroatoms. The molecular weight excluding hydrogens is 370 g/mol. The molecule has 22 heavy (non-hydrogen) atoms. The van der Waals surface area contributed by atoms with Crippen LogP contribution in [0.25, 0.3) is 0 Å². The van der Waals surface area contributed by atoms with Gasteiger partial charge >= 0.3 is 0 Å². The van der Waals surface area contributed by atoms with E-state index >= 15 is 0 Å². The van der Waals surface area contributed by atoms with Crippen molar-refractivity contribution >= 4 is 33.4 Å². The summed E-state index contributed by atoms with van der Waals surface area (Å²) >= 11 is 9.46. The Morgan fingerprint density at radius 1 is 1.23 bits per heavy atom. The van der Waals surface area contributed by atoms with Crippen LogP contribution in [0, 0.1) is 0 Å². The molecule has 0 fully saturated rings. The maximum atomic E-state index is 12.5. The normalized spacial score (nSPS) is 12.3. The average molecular weight is 383 g/mol. The summed E-state index contributed by atoms with van der Waals surface area (Å²) in [5.41, 5.74) is 1.44. The minimum atomic E-state index is -0.135. The van der Waals surface area contributed by atoms with Crippen LogP contribution in [0.15, 0.2) is 40.9 Å². The van der Waals surface area contributed by atoms with E-state index in [1.165, 1.54) is 0 Å². The molecule has 0 aliphatic carbocycles. The Kier molecular flexibility index (Phi) is 4.27. The van der Waals surface area contributed by atoms with E-state index in [4.69, 9.17) is 21.1 Å². The van der Waals surface area contributed by atoms with Crippen LogP contribution in [0.1, 0.15) is 15.9 Å². The maximum Gasteiger partial charge on any atom is 0.255 e. The number of ether oxygens (including phenoxy) is 2. The third-order valence-corrected chi connectivity index (χ3v) is 4.19. The summed E-state index contributed by atoms with van der Waals surface area (Å²) in [6.45, 7) is 0.694. The Balaban J connectivity index is 1.77. The van der Waals surface area contributed by atoms with Gasteiger partial charge < -0.3 is 14.4 Å². The fraction of sp³-hybridized carbons (Fsp3) is 0.188. The third-order valence-electron chi connectivity index (χ3n) is 3.36. The standard InChI is InChI=1S/C16H13BrClNO3/c1-19(16(20)12-7-11(17)3-4-13(12)18)8-10-2-5-14-15(6-10)22-9-21-14/h2-7H,8-9H2,1H3. The highest BCUT2D eigenvalue weighted by Gasteiger charge is 2.18. The van der Waals surface area contributed by atoms with Crippen molar-refractivity contribution in [3.05, 3.63) is 57.0 Å². The number of rotatable bonds is 3. The number of hydrogen-bond donors (Lipinski definition) is 0. The molecule has 0 bridgehead atoms. The van der Waals surface area contributed by atoms with E-state index in [9.17, 15) is 4.79 Å². The van der Waals surface area contributed by atoms with E-state index in [2.05, 4.69) is 15.9 Å².